The number of hydrogen-bond acceptors (Lipinski definition) is 4. The third kappa shape index (κ3) is 2.61. The highest BCUT2D eigenvalue weighted by atomic mass is 16.4. The van der Waals surface area contributed by atoms with E-state index in [9.17, 15) is 9.90 Å². The van der Waals surface area contributed by atoms with Gasteiger partial charge in [-0.3, -0.25) is 14.6 Å². The van der Waals surface area contributed by atoms with Crippen LogP contribution in [0.3, 0.4) is 0 Å². The van der Waals surface area contributed by atoms with Crippen LogP contribution in [0.1, 0.15) is 26.2 Å². The zero-order chi connectivity index (χ0) is 12.4. The van der Waals surface area contributed by atoms with Crippen LogP contribution < -0.4 is 5.73 Å². The lowest BCUT2D eigenvalue weighted by Crippen LogP contribution is -2.63. The van der Waals surface area contributed by atoms with Crippen LogP contribution in [-0.4, -0.2) is 65.2 Å². The summed E-state index contributed by atoms with van der Waals surface area (Å²) in [6, 6.07) is 0.302. The van der Waals surface area contributed by atoms with Crippen molar-refractivity contribution in [3.8, 4) is 0 Å². The lowest BCUT2D eigenvalue weighted by Gasteiger charge is -2.49. The average Bonchev–Trinajstić information content (AvgIpc) is 2.30. The van der Waals surface area contributed by atoms with E-state index in [4.69, 9.17) is 5.73 Å². The molecule has 5 nitrogen and oxygen atoms in total. The van der Waals surface area contributed by atoms with Crippen molar-refractivity contribution in [2.24, 2.45) is 5.73 Å². The molecule has 5 heteroatoms. The number of nitrogens with zero attached hydrogens (tertiary/aromatic N) is 2. The van der Waals surface area contributed by atoms with Crippen LogP contribution >= 0.6 is 0 Å². The maximum absolute atomic E-state index is 11.2. The number of aliphatic carboxylic acids is 1. The first-order valence-corrected chi connectivity index (χ1v) is 6.56. The van der Waals surface area contributed by atoms with Crippen molar-refractivity contribution in [2.75, 3.05) is 26.2 Å². The van der Waals surface area contributed by atoms with E-state index in [0.29, 0.717) is 6.04 Å². The van der Waals surface area contributed by atoms with Gasteiger partial charge in [0.2, 0.25) is 0 Å². The topological polar surface area (TPSA) is 69.8 Å². The van der Waals surface area contributed by atoms with Gasteiger partial charge in [0.15, 0.2) is 0 Å². The van der Waals surface area contributed by atoms with E-state index in [2.05, 4.69) is 16.7 Å². The fourth-order valence-corrected chi connectivity index (χ4v) is 3.19. The molecule has 2 heterocycles. The Balaban J connectivity index is 2.05. The molecule has 0 saturated carbocycles. The molecule has 2 saturated heterocycles. The van der Waals surface area contributed by atoms with E-state index in [0.717, 1.165) is 13.1 Å². The number of carboxylic acid groups (broad SMARTS) is 1. The monoisotopic (exact) mass is 241 g/mol. The number of nitrogens with two attached hydrogens (primary N) is 1. The Hall–Kier alpha value is -0.650. The van der Waals surface area contributed by atoms with Crippen LogP contribution in [0.25, 0.3) is 0 Å². The van der Waals surface area contributed by atoms with Crippen molar-refractivity contribution in [1.29, 1.82) is 0 Å². The minimum Gasteiger partial charge on any atom is -0.480 e. The second kappa shape index (κ2) is 5.33. The third-order valence-electron chi connectivity index (χ3n) is 4.14. The Bertz CT molecular complexity index is 285. The summed E-state index contributed by atoms with van der Waals surface area (Å²) in [5.74, 6) is -0.788. The Morgan fingerprint density at radius 3 is 2.88 bits per heavy atom. The van der Waals surface area contributed by atoms with Gasteiger partial charge in [0, 0.05) is 31.7 Å². The van der Waals surface area contributed by atoms with Gasteiger partial charge in [-0.1, -0.05) is 6.42 Å². The van der Waals surface area contributed by atoms with Crippen LogP contribution in [-0.2, 0) is 4.79 Å². The summed E-state index contributed by atoms with van der Waals surface area (Å²) in [7, 11) is 0. The SMILES string of the molecule is CC1CN2CCCCC2CN1C(CN)C(=O)O. The van der Waals surface area contributed by atoms with Crippen LogP contribution in [0, 0.1) is 0 Å². The zero-order valence-corrected chi connectivity index (χ0v) is 10.5. The normalized spacial score (nSPS) is 33.1. The van der Waals surface area contributed by atoms with Crippen molar-refractivity contribution in [1.82, 2.24) is 9.80 Å². The molecule has 0 bridgehead atoms. The van der Waals surface area contributed by atoms with Crippen LogP contribution in [0.4, 0.5) is 0 Å². The van der Waals surface area contributed by atoms with Crippen LogP contribution in [0.2, 0.25) is 0 Å². The Kier molecular flexibility index (Phi) is 4.01. The summed E-state index contributed by atoms with van der Waals surface area (Å²) in [6.45, 7) is 5.32. The van der Waals surface area contributed by atoms with Crippen molar-refractivity contribution in [2.45, 2.75) is 44.3 Å². The minimum atomic E-state index is -0.788. The van der Waals surface area contributed by atoms with Gasteiger partial charge < -0.3 is 10.8 Å². The van der Waals surface area contributed by atoms with Gasteiger partial charge in [-0.15, -0.1) is 0 Å². The molecule has 2 aliphatic heterocycles. The van der Waals surface area contributed by atoms with Crippen molar-refractivity contribution in [3.63, 3.8) is 0 Å². The van der Waals surface area contributed by atoms with Gasteiger partial charge in [0.1, 0.15) is 6.04 Å². The molecule has 0 aliphatic carbocycles. The van der Waals surface area contributed by atoms with Gasteiger partial charge in [0.05, 0.1) is 0 Å². The third-order valence-corrected chi connectivity index (χ3v) is 4.14. The molecule has 0 aromatic rings. The number of carbonyl (C=O) groups is 1. The molecule has 0 aromatic carbocycles. The first-order valence-electron chi connectivity index (χ1n) is 6.56. The Labute approximate surface area is 103 Å². The average molecular weight is 241 g/mol. The van der Waals surface area contributed by atoms with E-state index in [-0.39, 0.29) is 12.6 Å². The molecule has 3 unspecified atom stereocenters. The second-order valence-electron chi connectivity index (χ2n) is 5.28. The van der Waals surface area contributed by atoms with Crippen molar-refractivity contribution >= 4 is 5.97 Å². The molecule has 3 N–H and O–H groups in total. The Morgan fingerprint density at radius 2 is 2.24 bits per heavy atom. The predicted molar refractivity (Wildman–Crippen MR) is 65.9 cm³/mol. The molecule has 0 spiro atoms. The minimum absolute atomic E-state index is 0.201. The highest BCUT2D eigenvalue weighted by Gasteiger charge is 2.37. The first kappa shape index (κ1) is 12.8. The van der Waals surface area contributed by atoms with Crippen molar-refractivity contribution < 1.29 is 9.90 Å². The summed E-state index contributed by atoms with van der Waals surface area (Å²) in [4.78, 5) is 15.8. The number of hydrogen-bond donors (Lipinski definition) is 2. The largest absolute Gasteiger partial charge is 0.480 e. The summed E-state index contributed by atoms with van der Waals surface area (Å²) in [6.07, 6.45) is 3.74. The fourth-order valence-electron chi connectivity index (χ4n) is 3.19. The highest BCUT2D eigenvalue weighted by Crippen LogP contribution is 2.25. The molecule has 2 aliphatic rings. The van der Waals surface area contributed by atoms with Gasteiger partial charge in [-0.05, 0) is 26.3 Å². The maximum Gasteiger partial charge on any atom is 0.322 e. The molecular weight excluding hydrogens is 218 g/mol. The first-order chi connectivity index (χ1) is 8.13. The molecular formula is C12H23N3O2. The molecule has 17 heavy (non-hydrogen) atoms. The number of carboxylic acids is 1. The molecule has 0 radical (unpaired) electrons. The summed E-state index contributed by atoms with van der Waals surface area (Å²) >= 11 is 0. The summed E-state index contributed by atoms with van der Waals surface area (Å²) in [5.41, 5.74) is 5.60. The van der Waals surface area contributed by atoms with E-state index in [1.165, 1.54) is 25.8 Å². The van der Waals surface area contributed by atoms with Crippen LogP contribution in [0.15, 0.2) is 0 Å². The van der Waals surface area contributed by atoms with Gasteiger partial charge in [-0.2, -0.15) is 0 Å². The quantitative estimate of drug-likeness (QED) is 0.725. The summed E-state index contributed by atoms with van der Waals surface area (Å²) in [5, 5.41) is 9.20. The van der Waals surface area contributed by atoms with Gasteiger partial charge in [-0.25, -0.2) is 0 Å². The summed E-state index contributed by atoms with van der Waals surface area (Å²) < 4.78 is 0. The number of piperazine rings is 1. The Morgan fingerprint density at radius 1 is 1.47 bits per heavy atom. The molecule has 3 atom stereocenters. The van der Waals surface area contributed by atoms with E-state index >= 15 is 0 Å². The molecule has 0 amide bonds. The van der Waals surface area contributed by atoms with E-state index in [1.54, 1.807) is 0 Å². The van der Waals surface area contributed by atoms with Crippen molar-refractivity contribution in [3.05, 3.63) is 0 Å². The second-order valence-corrected chi connectivity index (χ2v) is 5.28. The number of piperidine rings is 1. The standard InChI is InChI=1S/C12H23N3O2/c1-9-7-14-5-3-2-4-10(14)8-15(9)11(6-13)12(16)17/h9-11H,2-8,13H2,1H3,(H,16,17). The van der Waals surface area contributed by atoms with Gasteiger partial charge >= 0.3 is 5.97 Å². The fraction of sp³-hybridized carbons (Fsp3) is 0.917. The smallest absolute Gasteiger partial charge is 0.322 e. The number of rotatable bonds is 3. The molecule has 2 fully saturated rings. The van der Waals surface area contributed by atoms with Crippen LogP contribution in [0.5, 0.6) is 0 Å². The van der Waals surface area contributed by atoms with E-state index in [1.807, 2.05) is 0 Å². The highest BCUT2D eigenvalue weighted by molar-refractivity contribution is 5.73. The maximum atomic E-state index is 11.2. The lowest BCUT2D eigenvalue weighted by atomic mass is 9.96. The lowest BCUT2D eigenvalue weighted by molar-refractivity contribution is -0.146. The molecule has 98 valence electrons. The molecule has 2 rings (SSSR count). The van der Waals surface area contributed by atoms with E-state index < -0.39 is 12.0 Å². The number of fused-ring (bicyclic) bond motifs is 1. The van der Waals surface area contributed by atoms with Gasteiger partial charge in [0.25, 0.3) is 0 Å². The molecule has 0 aromatic heterocycles. The zero-order valence-electron chi connectivity index (χ0n) is 10.5. The predicted octanol–water partition coefficient (Wildman–Crippen LogP) is -0.0431.